The standard InChI is InChI=1S/C27H25F2N3O3/c1-31(17-20-13-18(16-30)12-19-14-23(29)6-7-24(19)20)25(33)15-27(21-2-4-22(28)5-3-21)8-10-32(11-9-27)26(34)35/h2-7,12-14H,8-11,15,17H2,1H3,(H,34,35). The monoisotopic (exact) mass is 477 g/mol. The van der Waals surface area contributed by atoms with E-state index in [0.717, 1.165) is 16.5 Å². The molecule has 3 aromatic rings. The minimum atomic E-state index is -0.998. The van der Waals surface area contributed by atoms with Gasteiger partial charge in [0.05, 0.1) is 11.6 Å². The number of hydrogen-bond acceptors (Lipinski definition) is 3. The van der Waals surface area contributed by atoms with Gasteiger partial charge in [0.2, 0.25) is 5.91 Å². The number of likely N-dealkylation sites (tertiary alicyclic amines) is 1. The van der Waals surface area contributed by atoms with E-state index in [2.05, 4.69) is 6.07 Å². The summed E-state index contributed by atoms with van der Waals surface area (Å²) in [6.07, 6.45) is 0.0160. The number of hydrogen-bond donors (Lipinski definition) is 1. The summed E-state index contributed by atoms with van der Waals surface area (Å²) in [5, 5.41) is 20.1. The average Bonchev–Trinajstić information content (AvgIpc) is 2.84. The lowest BCUT2D eigenvalue weighted by Gasteiger charge is -2.41. The van der Waals surface area contributed by atoms with Crippen molar-refractivity contribution in [1.29, 1.82) is 5.26 Å². The Morgan fingerprint density at radius 3 is 2.34 bits per heavy atom. The number of amides is 2. The van der Waals surface area contributed by atoms with E-state index in [-0.39, 0.29) is 37.8 Å². The Morgan fingerprint density at radius 2 is 1.71 bits per heavy atom. The highest BCUT2D eigenvalue weighted by molar-refractivity contribution is 5.88. The van der Waals surface area contributed by atoms with Crippen LogP contribution >= 0.6 is 0 Å². The first kappa shape index (κ1) is 24.1. The Morgan fingerprint density at radius 1 is 1.06 bits per heavy atom. The van der Waals surface area contributed by atoms with Crippen molar-refractivity contribution >= 4 is 22.8 Å². The summed E-state index contributed by atoms with van der Waals surface area (Å²) >= 11 is 0. The fourth-order valence-electron chi connectivity index (χ4n) is 4.88. The van der Waals surface area contributed by atoms with Gasteiger partial charge in [-0.25, -0.2) is 13.6 Å². The van der Waals surface area contributed by atoms with E-state index < -0.39 is 17.3 Å². The highest BCUT2D eigenvalue weighted by Crippen LogP contribution is 2.39. The zero-order valence-corrected chi connectivity index (χ0v) is 19.3. The first-order valence-electron chi connectivity index (χ1n) is 11.3. The number of carboxylic acid groups (broad SMARTS) is 1. The molecule has 1 aliphatic rings. The maximum absolute atomic E-state index is 13.8. The molecule has 6 nitrogen and oxygen atoms in total. The van der Waals surface area contributed by atoms with Crippen LogP contribution in [0.4, 0.5) is 13.6 Å². The Hall–Kier alpha value is -3.99. The van der Waals surface area contributed by atoms with E-state index >= 15 is 0 Å². The summed E-state index contributed by atoms with van der Waals surface area (Å²) in [5.41, 5.74) is 1.29. The average molecular weight is 478 g/mol. The molecule has 1 N–H and O–H groups in total. The second-order valence-electron chi connectivity index (χ2n) is 9.10. The lowest BCUT2D eigenvalue weighted by Crippen LogP contribution is -2.47. The molecule has 3 aromatic carbocycles. The fraction of sp³-hybridized carbons (Fsp3) is 0.296. The molecule has 180 valence electrons. The first-order valence-corrected chi connectivity index (χ1v) is 11.3. The van der Waals surface area contributed by atoms with Crippen molar-refractivity contribution < 1.29 is 23.5 Å². The molecule has 0 atom stereocenters. The molecule has 4 rings (SSSR count). The van der Waals surface area contributed by atoms with Crippen molar-refractivity contribution in [3.63, 3.8) is 0 Å². The van der Waals surface area contributed by atoms with Gasteiger partial charge in [0.25, 0.3) is 0 Å². The second-order valence-corrected chi connectivity index (χ2v) is 9.10. The SMILES string of the molecule is CN(Cc1cc(C#N)cc2cc(F)ccc12)C(=O)CC1(c2ccc(F)cc2)CCN(C(=O)O)CC1. The number of rotatable bonds is 5. The summed E-state index contributed by atoms with van der Waals surface area (Å²) in [4.78, 5) is 27.7. The predicted octanol–water partition coefficient (Wildman–Crippen LogP) is 5.05. The molecule has 1 saturated heterocycles. The van der Waals surface area contributed by atoms with Crippen molar-refractivity contribution in [3.8, 4) is 6.07 Å². The molecule has 0 aromatic heterocycles. The summed E-state index contributed by atoms with van der Waals surface area (Å²) in [6, 6.07) is 15.8. The van der Waals surface area contributed by atoms with Crippen molar-refractivity contribution in [2.24, 2.45) is 0 Å². The van der Waals surface area contributed by atoms with Gasteiger partial charge >= 0.3 is 6.09 Å². The predicted molar refractivity (Wildman–Crippen MR) is 127 cm³/mol. The van der Waals surface area contributed by atoms with Gasteiger partial charge in [-0.3, -0.25) is 4.79 Å². The number of fused-ring (bicyclic) bond motifs is 1. The van der Waals surface area contributed by atoms with Crippen LogP contribution in [-0.2, 0) is 16.8 Å². The maximum Gasteiger partial charge on any atom is 0.407 e. The van der Waals surface area contributed by atoms with E-state index in [0.29, 0.717) is 23.8 Å². The van der Waals surface area contributed by atoms with Crippen LogP contribution in [0.2, 0.25) is 0 Å². The third-order valence-electron chi connectivity index (χ3n) is 6.90. The topological polar surface area (TPSA) is 84.6 Å². The van der Waals surface area contributed by atoms with E-state index in [1.807, 2.05) is 0 Å². The van der Waals surface area contributed by atoms with Crippen LogP contribution in [-0.4, -0.2) is 47.0 Å². The van der Waals surface area contributed by atoms with Gasteiger partial charge in [0.15, 0.2) is 0 Å². The number of halogens is 2. The largest absolute Gasteiger partial charge is 0.465 e. The number of nitrogens with zero attached hydrogens (tertiary/aromatic N) is 3. The number of carbonyl (C=O) groups excluding carboxylic acids is 1. The number of nitriles is 1. The fourth-order valence-corrected chi connectivity index (χ4v) is 4.88. The Labute approximate surface area is 202 Å². The Balaban J connectivity index is 1.60. The summed E-state index contributed by atoms with van der Waals surface area (Å²) < 4.78 is 27.3. The maximum atomic E-state index is 13.8. The van der Waals surface area contributed by atoms with Gasteiger partial charge in [-0.05, 0) is 71.1 Å². The molecule has 0 spiro atoms. The van der Waals surface area contributed by atoms with Gasteiger partial charge in [-0.1, -0.05) is 18.2 Å². The van der Waals surface area contributed by atoms with E-state index in [1.54, 1.807) is 42.3 Å². The Kier molecular flexibility index (Phi) is 6.70. The molecular weight excluding hydrogens is 452 g/mol. The van der Waals surface area contributed by atoms with Crippen molar-refractivity contribution in [2.45, 2.75) is 31.2 Å². The minimum absolute atomic E-state index is 0.132. The number of piperidine rings is 1. The quantitative estimate of drug-likeness (QED) is 0.557. The third-order valence-corrected chi connectivity index (χ3v) is 6.90. The molecule has 2 amide bonds. The van der Waals surface area contributed by atoms with Crippen LogP contribution in [0.1, 0.15) is 36.0 Å². The molecule has 0 saturated carbocycles. The molecule has 0 aliphatic carbocycles. The van der Waals surface area contributed by atoms with Crippen LogP contribution in [0.3, 0.4) is 0 Å². The van der Waals surface area contributed by atoms with Crippen LogP contribution < -0.4 is 0 Å². The molecule has 1 aliphatic heterocycles. The highest BCUT2D eigenvalue weighted by atomic mass is 19.1. The van der Waals surface area contributed by atoms with Gasteiger partial charge in [0.1, 0.15) is 11.6 Å². The van der Waals surface area contributed by atoms with E-state index in [1.165, 1.54) is 29.2 Å². The van der Waals surface area contributed by atoms with Crippen molar-refractivity contribution in [1.82, 2.24) is 9.80 Å². The third kappa shape index (κ3) is 5.09. The lowest BCUT2D eigenvalue weighted by atomic mass is 9.70. The smallest absolute Gasteiger partial charge is 0.407 e. The van der Waals surface area contributed by atoms with E-state index in [4.69, 9.17) is 0 Å². The zero-order chi connectivity index (χ0) is 25.2. The van der Waals surface area contributed by atoms with E-state index in [9.17, 15) is 28.7 Å². The second kappa shape index (κ2) is 9.71. The van der Waals surface area contributed by atoms with Crippen LogP contribution in [0, 0.1) is 23.0 Å². The van der Waals surface area contributed by atoms with Gasteiger partial charge in [-0.2, -0.15) is 5.26 Å². The normalized spacial score (nSPS) is 15.0. The number of carbonyl (C=O) groups is 2. The first-order chi connectivity index (χ1) is 16.7. The van der Waals surface area contributed by atoms with Gasteiger partial charge < -0.3 is 14.9 Å². The molecule has 0 radical (unpaired) electrons. The molecule has 1 heterocycles. The van der Waals surface area contributed by atoms with Gasteiger partial charge in [0, 0.05) is 38.5 Å². The summed E-state index contributed by atoms with van der Waals surface area (Å²) in [5.74, 6) is -0.941. The van der Waals surface area contributed by atoms with Crippen LogP contribution in [0.15, 0.2) is 54.6 Å². The minimum Gasteiger partial charge on any atom is -0.465 e. The molecule has 1 fully saturated rings. The Bertz CT molecular complexity index is 1310. The molecule has 0 bridgehead atoms. The van der Waals surface area contributed by atoms with Gasteiger partial charge in [-0.15, -0.1) is 0 Å². The zero-order valence-electron chi connectivity index (χ0n) is 19.3. The molecular formula is C27H25F2N3O3. The molecule has 8 heteroatoms. The van der Waals surface area contributed by atoms with Crippen LogP contribution in [0.25, 0.3) is 10.8 Å². The highest BCUT2D eigenvalue weighted by Gasteiger charge is 2.40. The summed E-state index contributed by atoms with van der Waals surface area (Å²) in [6.45, 7) is 0.783. The lowest BCUT2D eigenvalue weighted by molar-refractivity contribution is -0.132. The van der Waals surface area contributed by atoms with Crippen LogP contribution in [0.5, 0.6) is 0 Å². The molecule has 35 heavy (non-hydrogen) atoms. The summed E-state index contributed by atoms with van der Waals surface area (Å²) in [7, 11) is 1.67. The van der Waals surface area contributed by atoms with Crippen molar-refractivity contribution in [2.75, 3.05) is 20.1 Å². The molecule has 0 unspecified atom stereocenters. The number of benzene rings is 3. The van der Waals surface area contributed by atoms with Crippen molar-refractivity contribution in [3.05, 3.63) is 82.9 Å².